The second kappa shape index (κ2) is 12.4. The number of rotatable bonds is 6. The minimum absolute atomic E-state index is 0.115. The molecule has 0 radical (unpaired) electrons. The first kappa shape index (κ1) is 36.9. The predicted molar refractivity (Wildman–Crippen MR) is 170 cm³/mol. The molecule has 3 N–H and O–H groups in total. The quantitative estimate of drug-likeness (QED) is 0.225. The van der Waals surface area contributed by atoms with E-state index in [1.807, 2.05) is 0 Å². The zero-order chi connectivity index (χ0) is 36.5. The summed E-state index contributed by atoms with van der Waals surface area (Å²) in [5, 5.41) is 36.9. The van der Waals surface area contributed by atoms with E-state index in [0.29, 0.717) is 0 Å². The number of aliphatic hydroxyl groups is 3. The van der Waals surface area contributed by atoms with Gasteiger partial charge in [-0.15, -0.1) is 0 Å². The molecule has 3 aliphatic carbocycles. The molecule has 5 rings (SSSR count). The monoisotopic (exact) mass is 688 g/mol. The second-order valence-corrected chi connectivity index (χ2v) is 15.1. The highest BCUT2D eigenvalue weighted by molar-refractivity contribution is 5.89. The van der Waals surface area contributed by atoms with Gasteiger partial charge in [0.2, 0.25) is 0 Å². The van der Waals surface area contributed by atoms with Crippen LogP contribution in [0, 0.1) is 16.7 Å². The van der Waals surface area contributed by atoms with Gasteiger partial charge in [-0.25, -0.2) is 4.79 Å². The van der Waals surface area contributed by atoms with Gasteiger partial charge in [0.15, 0.2) is 18.0 Å². The van der Waals surface area contributed by atoms with Crippen LogP contribution >= 0.6 is 0 Å². The largest absolute Gasteiger partial charge is 0.462 e. The van der Waals surface area contributed by atoms with Gasteiger partial charge in [0.05, 0.1) is 40.8 Å². The molecule has 49 heavy (non-hydrogen) atoms. The Balaban J connectivity index is 1.93. The molecule has 2 saturated carbocycles. The minimum Gasteiger partial charge on any atom is -0.462 e. The van der Waals surface area contributed by atoms with Crippen LogP contribution in [0.5, 0.6) is 0 Å². The third-order valence-corrected chi connectivity index (χ3v) is 11.1. The Kier molecular flexibility index (Phi) is 9.38. The maximum absolute atomic E-state index is 14.0. The molecule has 1 saturated heterocycles. The molecule has 13 heteroatoms. The van der Waals surface area contributed by atoms with Crippen LogP contribution in [0.25, 0.3) is 0 Å². The number of hydrogen-bond acceptors (Lipinski definition) is 13. The first-order valence-corrected chi connectivity index (χ1v) is 16.5. The number of carbonyl (C=O) groups is 4. The maximum atomic E-state index is 14.0. The Morgan fingerprint density at radius 1 is 0.898 bits per heavy atom. The van der Waals surface area contributed by atoms with Crippen LogP contribution in [0.1, 0.15) is 85.5 Å². The van der Waals surface area contributed by atoms with E-state index in [9.17, 15) is 34.5 Å². The summed E-state index contributed by atoms with van der Waals surface area (Å²) in [5.41, 5.74) is -6.80. The summed E-state index contributed by atoms with van der Waals surface area (Å²) in [7, 11) is 0. The molecule has 13 nitrogen and oxygen atoms in total. The van der Waals surface area contributed by atoms with E-state index in [2.05, 4.69) is 0 Å². The molecule has 1 aliphatic heterocycles. The molecule has 0 spiro atoms. The molecule has 1 aromatic carbocycles. The molecule has 0 unspecified atom stereocenters. The molecule has 1 heterocycles. The standard InChI is InChI=1S/C36H48O13/c1-18-23(40)16-35(32(5,6)42)26(18)27(48-31(41)22-13-11-10-12-14-22)29(46-20(3)38)34(9)24(45-19(2)37)15-25-36(43,17-44-33(7,8)49-25)28(34)30(35)47-21(4)39/h10-14,23-25,27-30,40,42-43H,15-17H2,1-9H3/t23-,24-,25-,27+,28-,29-,30-,34+,35+,36-/m0/s1. The average molecular weight is 689 g/mol. The highest BCUT2D eigenvalue weighted by Crippen LogP contribution is 2.67. The molecule has 0 bridgehead atoms. The van der Waals surface area contributed by atoms with Crippen molar-refractivity contribution < 1.29 is 62.9 Å². The summed E-state index contributed by atoms with van der Waals surface area (Å²) in [6, 6.07) is 8.08. The molecule has 270 valence electrons. The fraction of sp³-hybridized carbons (Fsp3) is 0.667. The summed E-state index contributed by atoms with van der Waals surface area (Å²) < 4.78 is 37.0. The minimum atomic E-state index is -2.04. The van der Waals surface area contributed by atoms with Crippen molar-refractivity contribution in [2.75, 3.05) is 6.61 Å². The summed E-state index contributed by atoms with van der Waals surface area (Å²) in [5.74, 6) is -5.68. The van der Waals surface area contributed by atoms with Gasteiger partial charge in [-0.1, -0.05) is 25.1 Å². The van der Waals surface area contributed by atoms with Crippen molar-refractivity contribution in [2.45, 2.75) is 129 Å². The zero-order valence-corrected chi connectivity index (χ0v) is 29.5. The molecular weight excluding hydrogens is 640 g/mol. The lowest BCUT2D eigenvalue weighted by Gasteiger charge is -2.63. The van der Waals surface area contributed by atoms with Crippen LogP contribution in [-0.4, -0.2) is 99.4 Å². The van der Waals surface area contributed by atoms with Crippen molar-refractivity contribution in [2.24, 2.45) is 16.7 Å². The first-order chi connectivity index (χ1) is 22.6. The molecule has 4 aliphatic rings. The third-order valence-electron chi connectivity index (χ3n) is 11.1. The fourth-order valence-corrected chi connectivity index (χ4v) is 9.04. The van der Waals surface area contributed by atoms with Crippen molar-refractivity contribution in [1.82, 2.24) is 0 Å². The van der Waals surface area contributed by atoms with Crippen LogP contribution in [-0.2, 0) is 42.8 Å². The third kappa shape index (κ3) is 5.97. The SMILES string of the molecule is CC(=O)O[C@H]1C[C@@H]2OC(C)(C)OC[C@@]2(O)[C@H]2[C@H](OC(C)=O)[C@@]3(C(C)(C)O)C[C@H](O)C(C)=C3[C@@H](OC(=O)c3ccccc3)[C@H](OC(C)=O)[C@]12C. The number of ether oxygens (including phenoxy) is 6. The Hall–Kier alpha value is -3.36. The summed E-state index contributed by atoms with van der Waals surface area (Å²) >= 11 is 0. The number of aliphatic hydroxyl groups excluding tert-OH is 1. The first-order valence-electron chi connectivity index (χ1n) is 16.5. The zero-order valence-electron chi connectivity index (χ0n) is 29.5. The topological polar surface area (TPSA) is 184 Å². The van der Waals surface area contributed by atoms with Crippen molar-refractivity contribution in [1.29, 1.82) is 0 Å². The smallest absolute Gasteiger partial charge is 0.338 e. The van der Waals surface area contributed by atoms with E-state index in [4.69, 9.17) is 28.4 Å². The fourth-order valence-electron chi connectivity index (χ4n) is 9.04. The van der Waals surface area contributed by atoms with E-state index in [1.54, 1.807) is 45.9 Å². The molecule has 0 aromatic heterocycles. The molecule has 3 fully saturated rings. The second-order valence-electron chi connectivity index (χ2n) is 15.1. The number of carbonyl (C=O) groups excluding carboxylic acids is 4. The molecule has 0 amide bonds. The van der Waals surface area contributed by atoms with Gasteiger partial charge in [-0.3, -0.25) is 14.4 Å². The van der Waals surface area contributed by atoms with E-state index in [0.717, 1.165) is 6.92 Å². The van der Waals surface area contributed by atoms with Gasteiger partial charge < -0.3 is 43.7 Å². The molecule has 1 aromatic rings. The molecular formula is C36H48O13. The van der Waals surface area contributed by atoms with Gasteiger partial charge in [0, 0.05) is 33.1 Å². The van der Waals surface area contributed by atoms with Crippen LogP contribution < -0.4 is 0 Å². The van der Waals surface area contributed by atoms with E-state index in [-0.39, 0.29) is 36.2 Å². The number of fused-ring (bicyclic) bond motifs is 4. The van der Waals surface area contributed by atoms with Crippen molar-refractivity contribution in [3.05, 3.63) is 47.0 Å². The van der Waals surface area contributed by atoms with Gasteiger partial charge in [0.1, 0.15) is 17.8 Å². The Bertz CT molecular complexity index is 1530. The number of hydrogen-bond donors (Lipinski definition) is 3. The van der Waals surface area contributed by atoms with Crippen molar-refractivity contribution >= 4 is 23.9 Å². The number of benzene rings is 1. The van der Waals surface area contributed by atoms with E-state index < -0.39 is 94.2 Å². The normalized spacial score (nSPS) is 38.2. The lowest BCUT2D eigenvalue weighted by Crippen LogP contribution is -2.76. The van der Waals surface area contributed by atoms with Gasteiger partial charge in [-0.2, -0.15) is 0 Å². The van der Waals surface area contributed by atoms with Crippen LogP contribution in [0.2, 0.25) is 0 Å². The lowest BCUT2D eigenvalue weighted by molar-refractivity contribution is -0.385. The highest BCUT2D eigenvalue weighted by Gasteiger charge is 2.78. The lowest BCUT2D eigenvalue weighted by atomic mass is 9.50. The van der Waals surface area contributed by atoms with Crippen molar-refractivity contribution in [3.63, 3.8) is 0 Å². The Labute approximate surface area is 285 Å². The summed E-state index contributed by atoms with van der Waals surface area (Å²) in [6.07, 6.45) is -8.48. The number of esters is 4. The van der Waals surface area contributed by atoms with Crippen LogP contribution in [0.4, 0.5) is 0 Å². The van der Waals surface area contributed by atoms with E-state index in [1.165, 1.54) is 39.8 Å². The van der Waals surface area contributed by atoms with Gasteiger partial charge >= 0.3 is 23.9 Å². The van der Waals surface area contributed by atoms with E-state index >= 15 is 0 Å². The van der Waals surface area contributed by atoms with Crippen molar-refractivity contribution in [3.8, 4) is 0 Å². The Morgan fingerprint density at radius 3 is 2.02 bits per heavy atom. The van der Waals surface area contributed by atoms with Crippen LogP contribution in [0.3, 0.4) is 0 Å². The molecule has 10 atom stereocenters. The Morgan fingerprint density at radius 2 is 1.47 bits per heavy atom. The van der Waals surface area contributed by atoms with Gasteiger partial charge in [0.25, 0.3) is 0 Å². The average Bonchev–Trinajstić information content (AvgIpc) is 3.22. The summed E-state index contributed by atoms with van der Waals surface area (Å²) in [4.78, 5) is 53.1. The predicted octanol–water partition coefficient (Wildman–Crippen LogP) is 2.77. The van der Waals surface area contributed by atoms with Crippen LogP contribution in [0.15, 0.2) is 41.5 Å². The summed E-state index contributed by atoms with van der Waals surface area (Å²) in [6.45, 7) is 12.6. The van der Waals surface area contributed by atoms with Gasteiger partial charge in [-0.05, 0) is 64.3 Å². The maximum Gasteiger partial charge on any atom is 0.338 e. The highest BCUT2D eigenvalue weighted by atomic mass is 16.7.